The first-order valence-corrected chi connectivity index (χ1v) is 9.58. The lowest BCUT2D eigenvalue weighted by Crippen LogP contribution is -2.46. The molecule has 8 nitrogen and oxygen atoms in total. The molecule has 1 aromatic heterocycles. The monoisotopic (exact) mass is 428 g/mol. The second-order valence-corrected chi connectivity index (χ2v) is 6.97. The van der Waals surface area contributed by atoms with Crippen LogP contribution in [0.15, 0.2) is 60.8 Å². The highest BCUT2D eigenvalue weighted by atomic mass is 35.5. The van der Waals surface area contributed by atoms with Crippen LogP contribution < -0.4 is 5.32 Å². The summed E-state index contributed by atoms with van der Waals surface area (Å²) in [7, 11) is 1.25. The van der Waals surface area contributed by atoms with E-state index < -0.39 is 24.1 Å². The zero-order valence-corrected chi connectivity index (χ0v) is 17.2. The molecule has 30 heavy (non-hydrogen) atoms. The third kappa shape index (κ3) is 5.36. The zero-order valence-electron chi connectivity index (χ0n) is 16.5. The fourth-order valence-electron chi connectivity index (χ4n) is 2.78. The summed E-state index contributed by atoms with van der Waals surface area (Å²) in [5.74, 6) is -0.622. The quantitative estimate of drug-likeness (QED) is 0.577. The lowest BCUT2D eigenvalue weighted by molar-refractivity contribution is -0.144. The standard InChI is InChI=1S/C21H21ClN4O4/c1-14(26-12-18(24-25-26)16-8-10-17(22)11-9-16)19(20(27)29-2)23-21(28)30-13-15-6-4-3-5-7-15/h3-12,14,19H,13H2,1-2H3,(H,23,28)/t14-,19-/m0/s1. The Hall–Kier alpha value is -3.39. The van der Waals surface area contributed by atoms with Crippen molar-refractivity contribution in [2.75, 3.05) is 7.11 Å². The molecule has 9 heteroatoms. The molecule has 0 fully saturated rings. The molecule has 1 heterocycles. The van der Waals surface area contributed by atoms with Crippen LogP contribution in [0.1, 0.15) is 18.5 Å². The van der Waals surface area contributed by atoms with Crippen molar-refractivity contribution in [3.63, 3.8) is 0 Å². The molecule has 0 bridgehead atoms. The molecule has 0 saturated carbocycles. The molecule has 1 N–H and O–H groups in total. The Morgan fingerprint density at radius 2 is 1.83 bits per heavy atom. The van der Waals surface area contributed by atoms with Gasteiger partial charge in [-0.1, -0.05) is 59.3 Å². The van der Waals surface area contributed by atoms with E-state index in [1.54, 1.807) is 25.3 Å². The molecule has 0 aliphatic rings. The number of amides is 1. The van der Waals surface area contributed by atoms with E-state index in [1.807, 2.05) is 42.5 Å². The smallest absolute Gasteiger partial charge is 0.408 e. The van der Waals surface area contributed by atoms with Gasteiger partial charge in [0.1, 0.15) is 12.3 Å². The number of alkyl carbamates (subject to hydrolysis) is 1. The summed E-state index contributed by atoms with van der Waals surface area (Å²) in [6.07, 6.45) is 0.944. The van der Waals surface area contributed by atoms with Crippen LogP contribution in [-0.2, 0) is 20.9 Å². The number of methoxy groups -OCH3 is 1. The van der Waals surface area contributed by atoms with Crippen LogP contribution in [-0.4, -0.2) is 40.2 Å². The number of hydrogen-bond donors (Lipinski definition) is 1. The van der Waals surface area contributed by atoms with E-state index in [9.17, 15) is 9.59 Å². The Kier molecular flexibility index (Phi) is 7.03. The molecular formula is C21H21ClN4O4. The molecule has 2 aromatic carbocycles. The van der Waals surface area contributed by atoms with Crippen LogP contribution in [0, 0.1) is 0 Å². The topological polar surface area (TPSA) is 95.3 Å². The van der Waals surface area contributed by atoms with Crippen molar-refractivity contribution in [2.45, 2.75) is 25.6 Å². The number of benzene rings is 2. The number of carbonyl (C=O) groups excluding carboxylic acids is 2. The molecule has 156 valence electrons. The summed E-state index contributed by atoms with van der Waals surface area (Å²) in [6, 6.07) is 14.8. The van der Waals surface area contributed by atoms with E-state index in [-0.39, 0.29) is 6.61 Å². The van der Waals surface area contributed by atoms with E-state index in [0.717, 1.165) is 11.1 Å². The third-order valence-electron chi connectivity index (χ3n) is 4.49. The zero-order chi connectivity index (χ0) is 21.5. The number of halogens is 1. The van der Waals surface area contributed by atoms with E-state index in [1.165, 1.54) is 11.8 Å². The summed E-state index contributed by atoms with van der Waals surface area (Å²) >= 11 is 5.92. The molecule has 0 unspecified atom stereocenters. The van der Waals surface area contributed by atoms with E-state index in [2.05, 4.69) is 15.6 Å². The highest BCUT2D eigenvalue weighted by Gasteiger charge is 2.30. The van der Waals surface area contributed by atoms with Gasteiger partial charge in [0.15, 0.2) is 6.04 Å². The molecule has 3 rings (SSSR count). The van der Waals surface area contributed by atoms with Gasteiger partial charge in [-0.3, -0.25) is 0 Å². The highest BCUT2D eigenvalue weighted by molar-refractivity contribution is 6.30. The molecule has 0 aliphatic carbocycles. The number of carbonyl (C=O) groups is 2. The number of aromatic nitrogens is 3. The van der Waals surface area contributed by atoms with E-state index >= 15 is 0 Å². The van der Waals surface area contributed by atoms with Crippen LogP contribution >= 0.6 is 11.6 Å². The van der Waals surface area contributed by atoms with Gasteiger partial charge in [0.2, 0.25) is 0 Å². The van der Waals surface area contributed by atoms with Crippen molar-refractivity contribution >= 4 is 23.7 Å². The minimum atomic E-state index is -1.02. The van der Waals surface area contributed by atoms with Gasteiger partial charge >= 0.3 is 12.1 Å². The van der Waals surface area contributed by atoms with Crippen LogP contribution in [0.25, 0.3) is 11.3 Å². The summed E-state index contributed by atoms with van der Waals surface area (Å²) in [5.41, 5.74) is 2.26. The number of esters is 1. The van der Waals surface area contributed by atoms with Crippen LogP contribution in [0.5, 0.6) is 0 Å². The largest absolute Gasteiger partial charge is 0.467 e. The first-order chi connectivity index (χ1) is 14.5. The average molecular weight is 429 g/mol. The molecule has 0 radical (unpaired) electrons. The maximum atomic E-state index is 12.3. The summed E-state index contributed by atoms with van der Waals surface area (Å²) in [6.45, 7) is 1.80. The predicted octanol–water partition coefficient (Wildman–Crippen LogP) is 3.63. The number of rotatable bonds is 7. The second-order valence-electron chi connectivity index (χ2n) is 6.54. The summed E-state index contributed by atoms with van der Waals surface area (Å²) in [4.78, 5) is 24.5. The number of hydrogen-bond acceptors (Lipinski definition) is 6. The molecule has 2 atom stereocenters. The maximum Gasteiger partial charge on any atom is 0.408 e. The van der Waals surface area contributed by atoms with Gasteiger partial charge in [-0.2, -0.15) is 0 Å². The predicted molar refractivity (Wildman–Crippen MR) is 111 cm³/mol. The number of nitrogens with one attached hydrogen (secondary N) is 1. The Balaban J connectivity index is 1.69. The average Bonchev–Trinajstić information content (AvgIpc) is 3.26. The van der Waals surface area contributed by atoms with E-state index in [4.69, 9.17) is 21.1 Å². The van der Waals surface area contributed by atoms with Crippen molar-refractivity contribution < 1.29 is 19.1 Å². The highest BCUT2D eigenvalue weighted by Crippen LogP contribution is 2.21. The van der Waals surface area contributed by atoms with Crippen molar-refractivity contribution in [2.24, 2.45) is 0 Å². The second kappa shape index (κ2) is 9.89. The Morgan fingerprint density at radius 3 is 2.50 bits per heavy atom. The van der Waals surface area contributed by atoms with Crippen molar-refractivity contribution in [3.8, 4) is 11.3 Å². The van der Waals surface area contributed by atoms with Crippen molar-refractivity contribution in [1.82, 2.24) is 20.3 Å². The minimum Gasteiger partial charge on any atom is -0.467 e. The molecule has 0 spiro atoms. The van der Waals surface area contributed by atoms with Gasteiger partial charge < -0.3 is 14.8 Å². The SMILES string of the molecule is COC(=O)[C@@H](NC(=O)OCc1ccccc1)[C@H](C)n1cc(-c2ccc(Cl)cc2)nn1. The Labute approximate surface area is 178 Å². The first-order valence-electron chi connectivity index (χ1n) is 9.20. The van der Waals surface area contributed by atoms with E-state index in [0.29, 0.717) is 10.7 Å². The maximum absolute atomic E-state index is 12.3. The van der Waals surface area contributed by atoms with Crippen molar-refractivity contribution in [3.05, 3.63) is 71.4 Å². The normalized spacial score (nSPS) is 12.6. The van der Waals surface area contributed by atoms with Crippen molar-refractivity contribution in [1.29, 1.82) is 0 Å². The lowest BCUT2D eigenvalue weighted by atomic mass is 10.1. The fourth-order valence-corrected chi connectivity index (χ4v) is 2.90. The van der Waals surface area contributed by atoms with Gasteiger partial charge in [-0.25, -0.2) is 14.3 Å². The Morgan fingerprint density at radius 1 is 1.13 bits per heavy atom. The first kappa shape index (κ1) is 21.3. The summed E-state index contributed by atoms with van der Waals surface area (Å²) in [5, 5.41) is 11.4. The molecular weight excluding hydrogens is 408 g/mol. The van der Waals surface area contributed by atoms with Gasteiger partial charge in [-0.15, -0.1) is 5.10 Å². The van der Waals surface area contributed by atoms with Crippen LogP contribution in [0.2, 0.25) is 5.02 Å². The van der Waals surface area contributed by atoms with Gasteiger partial charge in [0, 0.05) is 10.6 Å². The van der Waals surface area contributed by atoms with Gasteiger partial charge in [0.25, 0.3) is 0 Å². The van der Waals surface area contributed by atoms with Crippen LogP contribution in [0.3, 0.4) is 0 Å². The number of ether oxygens (including phenoxy) is 2. The molecule has 0 saturated heterocycles. The minimum absolute atomic E-state index is 0.0823. The molecule has 0 aliphatic heterocycles. The van der Waals surface area contributed by atoms with Gasteiger partial charge in [-0.05, 0) is 24.6 Å². The molecule has 1 amide bonds. The van der Waals surface area contributed by atoms with Gasteiger partial charge in [0.05, 0.1) is 19.3 Å². The Bertz CT molecular complexity index is 992. The fraction of sp³-hybridized carbons (Fsp3) is 0.238. The number of nitrogens with zero attached hydrogens (tertiary/aromatic N) is 3. The third-order valence-corrected chi connectivity index (χ3v) is 4.74. The lowest BCUT2D eigenvalue weighted by Gasteiger charge is -2.22. The van der Waals surface area contributed by atoms with Crippen LogP contribution in [0.4, 0.5) is 4.79 Å². The molecule has 3 aromatic rings. The summed E-state index contributed by atoms with van der Waals surface area (Å²) < 4.78 is 11.5.